The van der Waals surface area contributed by atoms with Crippen LogP contribution in [0.5, 0.6) is 0 Å². The highest BCUT2D eigenvalue weighted by Gasteiger charge is 2.19. The van der Waals surface area contributed by atoms with E-state index in [-0.39, 0.29) is 16.9 Å². The van der Waals surface area contributed by atoms with Crippen LogP contribution in [-0.4, -0.2) is 6.54 Å². The van der Waals surface area contributed by atoms with Crippen LogP contribution in [0.3, 0.4) is 0 Å². The van der Waals surface area contributed by atoms with Crippen molar-refractivity contribution in [2.75, 3.05) is 6.54 Å². The van der Waals surface area contributed by atoms with E-state index in [1.807, 2.05) is 0 Å². The minimum Gasteiger partial charge on any atom is -0.306 e. The van der Waals surface area contributed by atoms with E-state index in [4.69, 9.17) is 11.6 Å². The van der Waals surface area contributed by atoms with E-state index in [0.717, 1.165) is 18.5 Å². The second-order valence-corrected chi connectivity index (χ2v) is 6.04. The number of hydrogen-bond donors (Lipinski definition) is 1. The highest BCUT2D eigenvalue weighted by Crippen LogP contribution is 2.30. The normalized spacial score (nSPS) is 12.6. The molecule has 1 atom stereocenters. The molecular formula is C15H17ClFNS. The predicted octanol–water partition coefficient (Wildman–Crippen LogP) is 4.94. The molecule has 0 amide bonds. The Labute approximate surface area is 122 Å². The smallest absolute Gasteiger partial charge is 0.146 e. The van der Waals surface area contributed by atoms with E-state index in [0.29, 0.717) is 5.56 Å². The van der Waals surface area contributed by atoms with E-state index in [1.165, 1.54) is 4.88 Å². The third-order valence-corrected chi connectivity index (χ3v) is 4.15. The third kappa shape index (κ3) is 3.35. The molecule has 4 heteroatoms. The second-order valence-electron chi connectivity index (χ2n) is 4.52. The second kappa shape index (κ2) is 6.51. The summed E-state index contributed by atoms with van der Waals surface area (Å²) in [6.07, 6.45) is 1.00. The molecule has 102 valence electrons. The summed E-state index contributed by atoms with van der Waals surface area (Å²) >= 11 is 7.56. The van der Waals surface area contributed by atoms with E-state index >= 15 is 0 Å². The third-order valence-electron chi connectivity index (χ3n) is 2.98. The molecule has 0 bridgehead atoms. The molecule has 0 aliphatic heterocycles. The summed E-state index contributed by atoms with van der Waals surface area (Å²) in [6.45, 7) is 4.99. The zero-order valence-electron chi connectivity index (χ0n) is 11.0. The fraction of sp³-hybridized carbons (Fsp3) is 0.333. The molecule has 1 heterocycles. The lowest BCUT2D eigenvalue weighted by molar-refractivity contribution is 0.547. The number of thiophene rings is 1. The summed E-state index contributed by atoms with van der Waals surface area (Å²) in [5.41, 5.74) is 1.70. The Kier molecular flexibility index (Phi) is 4.97. The summed E-state index contributed by atoms with van der Waals surface area (Å²) in [4.78, 5) is 1.22. The van der Waals surface area contributed by atoms with Crippen LogP contribution in [0.2, 0.25) is 5.02 Å². The van der Waals surface area contributed by atoms with Crippen LogP contribution in [0.15, 0.2) is 29.6 Å². The molecule has 0 radical (unpaired) electrons. The van der Waals surface area contributed by atoms with Crippen LogP contribution in [-0.2, 0) is 0 Å². The van der Waals surface area contributed by atoms with Gasteiger partial charge < -0.3 is 5.32 Å². The van der Waals surface area contributed by atoms with Crippen molar-refractivity contribution in [3.8, 4) is 0 Å². The van der Waals surface area contributed by atoms with E-state index < -0.39 is 0 Å². The standard InChI is InChI=1S/C15H17ClFNS/c1-3-7-18-15(11-8-10(2)19-9-11)12-5-4-6-13(16)14(12)17/h4-6,8-9,15,18H,3,7H2,1-2H3. The summed E-state index contributed by atoms with van der Waals surface area (Å²) in [5, 5.41) is 5.64. The van der Waals surface area contributed by atoms with Gasteiger partial charge >= 0.3 is 0 Å². The largest absolute Gasteiger partial charge is 0.306 e. The molecule has 1 nitrogen and oxygen atoms in total. The highest BCUT2D eigenvalue weighted by molar-refractivity contribution is 7.10. The van der Waals surface area contributed by atoms with Crippen LogP contribution in [0, 0.1) is 12.7 Å². The lowest BCUT2D eigenvalue weighted by atomic mass is 10.00. The Balaban J connectivity index is 2.39. The van der Waals surface area contributed by atoms with Crippen molar-refractivity contribution in [3.63, 3.8) is 0 Å². The van der Waals surface area contributed by atoms with Gasteiger partial charge in [-0.05, 0) is 43.0 Å². The number of hydrogen-bond acceptors (Lipinski definition) is 2. The Bertz CT molecular complexity index is 553. The zero-order chi connectivity index (χ0) is 13.8. The molecule has 0 aliphatic rings. The van der Waals surface area contributed by atoms with Gasteiger partial charge in [0.1, 0.15) is 5.82 Å². The van der Waals surface area contributed by atoms with Crippen LogP contribution in [0.25, 0.3) is 0 Å². The summed E-state index contributed by atoms with van der Waals surface area (Å²) < 4.78 is 14.2. The van der Waals surface area contributed by atoms with Gasteiger partial charge in [-0.2, -0.15) is 0 Å². The molecular weight excluding hydrogens is 281 g/mol. The Hall–Kier alpha value is -0.900. The molecule has 1 unspecified atom stereocenters. The number of rotatable bonds is 5. The minimum atomic E-state index is -0.332. The first-order chi connectivity index (χ1) is 9.13. The average Bonchev–Trinajstić information content (AvgIpc) is 2.81. The maximum absolute atomic E-state index is 14.2. The first-order valence-electron chi connectivity index (χ1n) is 6.35. The molecule has 1 aromatic heterocycles. The minimum absolute atomic E-state index is 0.136. The van der Waals surface area contributed by atoms with Crippen molar-refractivity contribution in [1.82, 2.24) is 5.32 Å². The van der Waals surface area contributed by atoms with Gasteiger partial charge in [0.25, 0.3) is 0 Å². The van der Waals surface area contributed by atoms with Crippen LogP contribution in [0.1, 0.15) is 35.4 Å². The first kappa shape index (κ1) is 14.5. The summed E-state index contributed by atoms with van der Waals surface area (Å²) in [5.74, 6) is -0.332. The molecule has 1 N–H and O–H groups in total. The number of nitrogens with one attached hydrogen (secondary N) is 1. The SMILES string of the molecule is CCCNC(c1csc(C)c1)c1cccc(Cl)c1F. The molecule has 19 heavy (non-hydrogen) atoms. The highest BCUT2D eigenvalue weighted by atomic mass is 35.5. The van der Waals surface area contributed by atoms with Gasteiger partial charge in [-0.25, -0.2) is 4.39 Å². The maximum Gasteiger partial charge on any atom is 0.146 e. The van der Waals surface area contributed by atoms with Gasteiger partial charge in [0.2, 0.25) is 0 Å². The lowest BCUT2D eigenvalue weighted by Crippen LogP contribution is -2.23. The van der Waals surface area contributed by atoms with Crippen molar-refractivity contribution >= 4 is 22.9 Å². The van der Waals surface area contributed by atoms with Gasteiger partial charge in [0.05, 0.1) is 11.1 Å². The molecule has 0 saturated heterocycles. The molecule has 0 spiro atoms. The molecule has 0 fully saturated rings. The van der Waals surface area contributed by atoms with Crippen LogP contribution < -0.4 is 5.32 Å². The quantitative estimate of drug-likeness (QED) is 0.824. The number of benzene rings is 1. The van der Waals surface area contributed by atoms with Crippen LogP contribution >= 0.6 is 22.9 Å². The Morgan fingerprint density at radius 1 is 1.42 bits per heavy atom. The van der Waals surface area contributed by atoms with Gasteiger partial charge in [-0.1, -0.05) is 30.7 Å². The molecule has 0 saturated carbocycles. The number of halogens is 2. The van der Waals surface area contributed by atoms with E-state index in [1.54, 1.807) is 29.5 Å². The van der Waals surface area contributed by atoms with Crippen molar-refractivity contribution in [2.24, 2.45) is 0 Å². The van der Waals surface area contributed by atoms with Gasteiger partial charge in [-0.15, -0.1) is 11.3 Å². The van der Waals surface area contributed by atoms with E-state index in [9.17, 15) is 4.39 Å². The lowest BCUT2D eigenvalue weighted by Gasteiger charge is -2.19. The topological polar surface area (TPSA) is 12.0 Å². The summed E-state index contributed by atoms with van der Waals surface area (Å²) in [7, 11) is 0. The monoisotopic (exact) mass is 297 g/mol. The average molecular weight is 298 g/mol. The van der Waals surface area contributed by atoms with Crippen molar-refractivity contribution < 1.29 is 4.39 Å². The van der Waals surface area contributed by atoms with Crippen molar-refractivity contribution in [3.05, 3.63) is 56.5 Å². The van der Waals surface area contributed by atoms with Crippen molar-refractivity contribution in [1.29, 1.82) is 0 Å². The Morgan fingerprint density at radius 3 is 2.84 bits per heavy atom. The van der Waals surface area contributed by atoms with Gasteiger partial charge in [-0.3, -0.25) is 0 Å². The summed E-state index contributed by atoms with van der Waals surface area (Å²) in [6, 6.07) is 7.12. The van der Waals surface area contributed by atoms with Gasteiger partial charge in [0.15, 0.2) is 0 Å². The fourth-order valence-corrected chi connectivity index (χ4v) is 2.97. The number of aryl methyl sites for hydroxylation is 1. The molecule has 2 rings (SSSR count). The predicted molar refractivity (Wildman–Crippen MR) is 80.6 cm³/mol. The zero-order valence-corrected chi connectivity index (χ0v) is 12.6. The fourth-order valence-electron chi connectivity index (χ4n) is 2.05. The van der Waals surface area contributed by atoms with Gasteiger partial charge in [0, 0.05) is 10.4 Å². The van der Waals surface area contributed by atoms with E-state index in [2.05, 4.69) is 30.6 Å². The Morgan fingerprint density at radius 2 is 2.21 bits per heavy atom. The van der Waals surface area contributed by atoms with Crippen LogP contribution in [0.4, 0.5) is 4.39 Å². The van der Waals surface area contributed by atoms with Crippen molar-refractivity contribution in [2.45, 2.75) is 26.3 Å². The molecule has 2 aromatic rings. The first-order valence-corrected chi connectivity index (χ1v) is 7.61. The maximum atomic E-state index is 14.2. The molecule has 1 aromatic carbocycles. The molecule has 0 aliphatic carbocycles.